The average Bonchev–Trinajstić information content (AvgIpc) is 2.74. The van der Waals surface area contributed by atoms with Gasteiger partial charge >= 0.3 is 11.8 Å². The predicted molar refractivity (Wildman–Crippen MR) is 113 cm³/mol. The highest BCUT2D eigenvalue weighted by atomic mass is 16.3. The van der Waals surface area contributed by atoms with Gasteiger partial charge in [-0.1, -0.05) is 43.5 Å². The van der Waals surface area contributed by atoms with Gasteiger partial charge < -0.3 is 15.7 Å². The summed E-state index contributed by atoms with van der Waals surface area (Å²) in [5.41, 5.74) is 3.23. The van der Waals surface area contributed by atoms with Gasteiger partial charge in [0.15, 0.2) is 0 Å². The second-order valence-corrected chi connectivity index (χ2v) is 7.10. The van der Waals surface area contributed by atoms with Crippen LogP contribution >= 0.6 is 0 Å². The number of carbonyl (C=O) groups excluding carboxylic acids is 3. The molecule has 3 rings (SSSR count). The molecule has 0 spiro atoms. The predicted octanol–water partition coefficient (Wildman–Crippen LogP) is 2.54. The molecule has 156 valence electrons. The van der Waals surface area contributed by atoms with Gasteiger partial charge in [-0.3, -0.25) is 14.4 Å². The molecule has 3 amide bonds. The Balaban J connectivity index is 1.59. The number of benzene rings is 2. The van der Waals surface area contributed by atoms with Gasteiger partial charge in [-0.25, -0.2) is 5.43 Å². The van der Waals surface area contributed by atoms with Crippen LogP contribution in [0.25, 0.3) is 0 Å². The largest absolute Gasteiger partial charge is 0.508 e. The van der Waals surface area contributed by atoms with Crippen LogP contribution in [0.4, 0.5) is 5.69 Å². The number of amides is 3. The molecule has 1 fully saturated rings. The number of para-hydroxylation sites is 1. The molecule has 1 aliphatic carbocycles. The molecule has 2 aromatic carbocycles. The first-order valence-corrected chi connectivity index (χ1v) is 9.86. The van der Waals surface area contributed by atoms with E-state index in [4.69, 9.17) is 0 Å². The van der Waals surface area contributed by atoms with Gasteiger partial charge in [0.05, 0.1) is 17.5 Å². The summed E-state index contributed by atoms with van der Waals surface area (Å²) in [5, 5.41) is 18.6. The molecule has 1 saturated carbocycles. The molecule has 0 radical (unpaired) electrons. The van der Waals surface area contributed by atoms with Crippen molar-refractivity contribution in [3.63, 3.8) is 0 Å². The maximum absolute atomic E-state index is 12.6. The molecule has 2 aromatic rings. The van der Waals surface area contributed by atoms with Crippen molar-refractivity contribution in [1.29, 1.82) is 0 Å². The van der Waals surface area contributed by atoms with Crippen LogP contribution in [0, 0.1) is 0 Å². The lowest BCUT2D eigenvalue weighted by Crippen LogP contribution is -2.37. The van der Waals surface area contributed by atoms with Crippen molar-refractivity contribution in [2.24, 2.45) is 5.10 Å². The van der Waals surface area contributed by atoms with Gasteiger partial charge in [0.1, 0.15) is 5.75 Å². The van der Waals surface area contributed by atoms with Crippen molar-refractivity contribution >= 4 is 29.6 Å². The molecular formula is C22H24N4O4. The molecular weight excluding hydrogens is 384 g/mol. The fourth-order valence-electron chi connectivity index (χ4n) is 3.30. The van der Waals surface area contributed by atoms with Crippen molar-refractivity contribution in [3.05, 3.63) is 59.7 Å². The maximum atomic E-state index is 12.6. The van der Waals surface area contributed by atoms with E-state index in [0.717, 1.165) is 25.7 Å². The summed E-state index contributed by atoms with van der Waals surface area (Å²) in [4.78, 5) is 36.9. The third kappa shape index (κ3) is 5.91. The lowest BCUT2D eigenvalue weighted by molar-refractivity contribution is -0.136. The van der Waals surface area contributed by atoms with Crippen LogP contribution in [0.5, 0.6) is 5.75 Å². The lowest BCUT2D eigenvalue weighted by Gasteiger charge is -2.23. The number of hydrogen-bond donors (Lipinski definition) is 4. The van der Waals surface area contributed by atoms with Crippen LogP contribution in [0.15, 0.2) is 53.6 Å². The van der Waals surface area contributed by atoms with E-state index in [2.05, 4.69) is 21.2 Å². The molecule has 8 nitrogen and oxygen atoms in total. The zero-order chi connectivity index (χ0) is 21.3. The van der Waals surface area contributed by atoms with E-state index in [0.29, 0.717) is 11.1 Å². The molecule has 0 unspecified atom stereocenters. The van der Waals surface area contributed by atoms with Gasteiger partial charge in [0, 0.05) is 6.04 Å². The minimum Gasteiger partial charge on any atom is -0.508 e. The smallest absolute Gasteiger partial charge is 0.329 e. The Morgan fingerprint density at radius 3 is 2.50 bits per heavy atom. The number of phenols is 1. The number of hydrazone groups is 1. The summed E-state index contributed by atoms with van der Waals surface area (Å²) in [6.45, 7) is 0. The number of nitrogens with zero attached hydrogens (tertiary/aromatic N) is 1. The quantitative estimate of drug-likeness (QED) is 0.345. The Kier molecular flexibility index (Phi) is 7.15. The average molecular weight is 408 g/mol. The van der Waals surface area contributed by atoms with E-state index in [9.17, 15) is 19.5 Å². The molecule has 0 bridgehead atoms. The molecule has 30 heavy (non-hydrogen) atoms. The molecule has 0 aliphatic heterocycles. The minimum atomic E-state index is -0.978. The second-order valence-electron chi connectivity index (χ2n) is 7.10. The zero-order valence-corrected chi connectivity index (χ0v) is 16.4. The molecule has 8 heteroatoms. The van der Waals surface area contributed by atoms with Crippen molar-refractivity contribution < 1.29 is 19.5 Å². The standard InChI is InChI=1S/C22H24N4O4/c27-17-10-6-7-15(13-17)14-23-26-22(30)21(29)25-19-12-5-4-11-18(19)20(28)24-16-8-2-1-3-9-16/h4-7,10-14,16,27H,1-3,8-9H2,(H,24,28)(H,25,29)(H,26,30)/b23-14+. The highest BCUT2D eigenvalue weighted by Crippen LogP contribution is 2.20. The van der Waals surface area contributed by atoms with Crippen LogP contribution in [0.3, 0.4) is 0 Å². The van der Waals surface area contributed by atoms with Crippen LogP contribution in [-0.4, -0.2) is 35.1 Å². The Labute approximate surface area is 174 Å². The van der Waals surface area contributed by atoms with Crippen molar-refractivity contribution in [3.8, 4) is 5.75 Å². The summed E-state index contributed by atoms with van der Waals surface area (Å²) in [6.07, 6.45) is 6.55. The summed E-state index contributed by atoms with van der Waals surface area (Å²) in [5.74, 6) is -2.14. The molecule has 1 aliphatic rings. The number of phenolic OH excluding ortho intramolecular Hbond substituents is 1. The van der Waals surface area contributed by atoms with Gasteiger partial charge in [0.2, 0.25) is 0 Å². The SMILES string of the molecule is O=C(N/N=C/c1cccc(O)c1)C(=O)Nc1ccccc1C(=O)NC1CCCCC1. The first-order chi connectivity index (χ1) is 14.5. The normalized spacial score (nSPS) is 14.3. The number of rotatable bonds is 5. The Bertz CT molecular complexity index is 952. The van der Waals surface area contributed by atoms with E-state index in [-0.39, 0.29) is 23.4 Å². The summed E-state index contributed by atoms with van der Waals surface area (Å²) in [7, 11) is 0. The molecule has 4 N–H and O–H groups in total. The Hall–Kier alpha value is -3.68. The Morgan fingerprint density at radius 1 is 0.967 bits per heavy atom. The number of hydrogen-bond acceptors (Lipinski definition) is 5. The minimum absolute atomic E-state index is 0.0612. The fourth-order valence-corrected chi connectivity index (χ4v) is 3.30. The molecule has 0 atom stereocenters. The lowest BCUT2D eigenvalue weighted by atomic mass is 9.95. The van der Waals surface area contributed by atoms with Gasteiger partial charge in [-0.15, -0.1) is 0 Å². The monoisotopic (exact) mass is 408 g/mol. The van der Waals surface area contributed by atoms with Gasteiger partial charge in [-0.2, -0.15) is 5.10 Å². The van der Waals surface area contributed by atoms with Gasteiger partial charge in [-0.05, 0) is 42.7 Å². The first-order valence-electron chi connectivity index (χ1n) is 9.86. The highest BCUT2D eigenvalue weighted by Gasteiger charge is 2.20. The van der Waals surface area contributed by atoms with Crippen LogP contribution in [0.1, 0.15) is 48.0 Å². The second kappa shape index (κ2) is 10.2. The number of aromatic hydroxyl groups is 1. The van der Waals surface area contributed by atoms with Crippen molar-refractivity contribution in [2.75, 3.05) is 5.32 Å². The third-order valence-corrected chi connectivity index (χ3v) is 4.82. The fraction of sp³-hybridized carbons (Fsp3) is 0.273. The van der Waals surface area contributed by atoms with E-state index in [1.165, 1.54) is 24.8 Å². The van der Waals surface area contributed by atoms with Gasteiger partial charge in [0.25, 0.3) is 5.91 Å². The molecule has 0 aromatic heterocycles. The van der Waals surface area contributed by atoms with E-state index >= 15 is 0 Å². The molecule has 0 saturated heterocycles. The zero-order valence-electron chi connectivity index (χ0n) is 16.4. The van der Waals surface area contributed by atoms with E-state index in [1.54, 1.807) is 36.4 Å². The summed E-state index contributed by atoms with van der Waals surface area (Å²) < 4.78 is 0. The van der Waals surface area contributed by atoms with Crippen molar-refractivity contribution in [2.45, 2.75) is 38.1 Å². The number of anilines is 1. The van der Waals surface area contributed by atoms with Crippen molar-refractivity contribution in [1.82, 2.24) is 10.7 Å². The third-order valence-electron chi connectivity index (χ3n) is 4.82. The molecule has 0 heterocycles. The van der Waals surface area contributed by atoms with Crippen LogP contribution in [-0.2, 0) is 9.59 Å². The Morgan fingerprint density at radius 2 is 1.73 bits per heavy atom. The van der Waals surface area contributed by atoms with E-state index in [1.807, 2.05) is 0 Å². The van der Waals surface area contributed by atoms with Crippen LogP contribution < -0.4 is 16.1 Å². The number of nitrogens with one attached hydrogen (secondary N) is 3. The maximum Gasteiger partial charge on any atom is 0.329 e. The highest BCUT2D eigenvalue weighted by molar-refractivity contribution is 6.40. The summed E-state index contributed by atoms with van der Waals surface area (Å²) in [6, 6.07) is 12.9. The first kappa shape index (κ1) is 21.0. The topological polar surface area (TPSA) is 120 Å². The van der Waals surface area contributed by atoms with E-state index < -0.39 is 11.8 Å². The summed E-state index contributed by atoms with van der Waals surface area (Å²) >= 11 is 0. The van der Waals surface area contributed by atoms with Crippen LogP contribution in [0.2, 0.25) is 0 Å². The number of carbonyl (C=O) groups is 3.